The zero-order valence-corrected chi connectivity index (χ0v) is 19.3. The Labute approximate surface area is 202 Å². The molecule has 0 aliphatic heterocycles. The number of fused-ring (bicyclic) bond motifs is 1. The van der Waals surface area contributed by atoms with Crippen molar-refractivity contribution in [2.75, 3.05) is 26.1 Å². The maximum Gasteiger partial charge on any atom is 0.417 e. The van der Waals surface area contributed by atoms with Crippen molar-refractivity contribution in [3.8, 4) is 28.3 Å². The van der Waals surface area contributed by atoms with Gasteiger partial charge in [0.15, 0.2) is 0 Å². The van der Waals surface area contributed by atoms with Gasteiger partial charge in [-0.05, 0) is 48.0 Å². The number of halogens is 5. The molecule has 0 aliphatic carbocycles. The number of methoxy groups -OCH3 is 1. The lowest BCUT2D eigenvalue weighted by atomic mass is 10.0. The Morgan fingerprint density at radius 2 is 1.58 bits per heavy atom. The van der Waals surface area contributed by atoms with Crippen LogP contribution < -0.4 is 19.9 Å². The van der Waals surface area contributed by atoms with E-state index in [9.17, 15) is 26.7 Å². The summed E-state index contributed by atoms with van der Waals surface area (Å²) in [6.07, 6.45) is -3.99. The fraction of sp³-hybridized carbons (Fsp3) is 0.200. The lowest BCUT2D eigenvalue weighted by molar-refractivity contribution is -0.137. The van der Waals surface area contributed by atoms with E-state index in [1.807, 2.05) is 0 Å². The van der Waals surface area contributed by atoms with Crippen LogP contribution in [0.3, 0.4) is 0 Å². The molecule has 4 aromatic rings. The Kier molecular flexibility index (Phi) is 6.57. The Morgan fingerprint density at radius 1 is 0.972 bits per heavy atom. The summed E-state index contributed by atoms with van der Waals surface area (Å²) in [6.45, 7) is -3.06. The molecule has 36 heavy (non-hydrogen) atoms. The van der Waals surface area contributed by atoms with Gasteiger partial charge in [-0.1, -0.05) is 12.1 Å². The van der Waals surface area contributed by atoms with Crippen LogP contribution in [0.5, 0.6) is 11.5 Å². The molecule has 0 atom stereocenters. The number of anilines is 1. The van der Waals surface area contributed by atoms with Crippen molar-refractivity contribution in [1.82, 2.24) is 9.55 Å². The van der Waals surface area contributed by atoms with E-state index in [0.717, 1.165) is 10.6 Å². The second-order valence-electron chi connectivity index (χ2n) is 7.95. The summed E-state index contributed by atoms with van der Waals surface area (Å²) in [7, 11) is 4.80. The van der Waals surface area contributed by atoms with Gasteiger partial charge in [-0.25, -0.2) is 0 Å². The molecular formula is C25H20F5N3O3. The predicted octanol–water partition coefficient (Wildman–Crippen LogP) is 5.75. The third-order valence-corrected chi connectivity index (χ3v) is 5.46. The van der Waals surface area contributed by atoms with Crippen LogP contribution in [0, 0.1) is 0 Å². The number of ether oxygens (including phenoxy) is 2. The summed E-state index contributed by atoms with van der Waals surface area (Å²) in [6, 6.07) is 12.5. The zero-order chi connectivity index (χ0) is 26.2. The highest BCUT2D eigenvalue weighted by molar-refractivity contribution is 5.98. The Hall–Kier alpha value is -4.15. The minimum Gasteiger partial charge on any atom is -0.497 e. The summed E-state index contributed by atoms with van der Waals surface area (Å²) in [4.78, 5) is 19.6. The van der Waals surface area contributed by atoms with Crippen LogP contribution >= 0.6 is 0 Å². The molecule has 0 aliphatic rings. The van der Waals surface area contributed by atoms with E-state index in [1.54, 1.807) is 43.3 Å². The first-order valence-electron chi connectivity index (χ1n) is 10.5. The molecule has 0 spiro atoms. The Bertz CT molecular complexity index is 1450. The van der Waals surface area contributed by atoms with Gasteiger partial charge in [0.25, 0.3) is 5.56 Å². The summed E-state index contributed by atoms with van der Waals surface area (Å²) < 4.78 is 76.5. The molecule has 0 bridgehead atoms. The second kappa shape index (κ2) is 9.48. The van der Waals surface area contributed by atoms with E-state index in [0.29, 0.717) is 23.2 Å². The third-order valence-electron chi connectivity index (χ3n) is 5.46. The van der Waals surface area contributed by atoms with Gasteiger partial charge in [-0.2, -0.15) is 22.0 Å². The molecular weight excluding hydrogens is 485 g/mol. The molecule has 11 heteroatoms. The van der Waals surface area contributed by atoms with Gasteiger partial charge in [0.05, 0.1) is 29.4 Å². The Morgan fingerprint density at radius 3 is 2.11 bits per heavy atom. The van der Waals surface area contributed by atoms with Crippen LogP contribution in [0.15, 0.2) is 65.6 Å². The monoisotopic (exact) mass is 505 g/mol. The minimum absolute atomic E-state index is 0.0988. The highest BCUT2D eigenvalue weighted by atomic mass is 19.4. The number of alkyl halides is 5. The van der Waals surface area contributed by atoms with E-state index in [1.165, 1.54) is 31.4 Å². The van der Waals surface area contributed by atoms with Crippen LogP contribution in [-0.4, -0.2) is 37.4 Å². The van der Waals surface area contributed by atoms with E-state index in [-0.39, 0.29) is 28.0 Å². The molecule has 0 saturated carbocycles. The van der Waals surface area contributed by atoms with Gasteiger partial charge >= 0.3 is 12.8 Å². The van der Waals surface area contributed by atoms with Crippen molar-refractivity contribution < 1.29 is 31.4 Å². The first-order chi connectivity index (χ1) is 17.0. The SMILES string of the molecule is COc1ccc(-c2c(N(C)C)c3ncc(C(F)(F)F)cc3n(-c3ccc(OC(F)F)cc3)c2=O)cc1. The Balaban J connectivity index is 2.10. The molecule has 4 rings (SSSR count). The molecule has 0 fully saturated rings. The largest absolute Gasteiger partial charge is 0.497 e. The number of hydrogen-bond acceptors (Lipinski definition) is 5. The molecule has 2 aromatic heterocycles. The van der Waals surface area contributed by atoms with E-state index in [4.69, 9.17) is 4.74 Å². The highest BCUT2D eigenvalue weighted by Crippen LogP contribution is 2.37. The van der Waals surface area contributed by atoms with Gasteiger partial charge in [-0.3, -0.25) is 14.3 Å². The zero-order valence-electron chi connectivity index (χ0n) is 19.3. The van der Waals surface area contributed by atoms with Crippen molar-refractivity contribution in [3.63, 3.8) is 0 Å². The lowest BCUT2D eigenvalue weighted by Crippen LogP contribution is -2.26. The average Bonchev–Trinajstić information content (AvgIpc) is 2.82. The number of hydrogen-bond donors (Lipinski definition) is 0. The molecule has 188 valence electrons. The summed E-state index contributed by atoms with van der Waals surface area (Å²) in [5, 5.41) is 0. The standard InChI is InChI=1S/C25H20F5N3O3/c1-32(2)22-20(14-4-8-17(35-3)9-5-14)23(34)33(16-6-10-18(11-7-16)36-24(26)27)19-12-15(25(28,29)30)13-31-21(19)22/h4-13,24H,1-3H3. The summed E-state index contributed by atoms with van der Waals surface area (Å²) in [5.41, 5.74) is -0.474. The van der Waals surface area contributed by atoms with E-state index < -0.39 is 23.9 Å². The first-order valence-corrected chi connectivity index (χ1v) is 10.5. The molecule has 0 saturated heterocycles. The fourth-order valence-electron chi connectivity index (χ4n) is 3.89. The molecule has 0 radical (unpaired) electrons. The third kappa shape index (κ3) is 4.68. The topological polar surface area (TPSA) is 56.6 Å². The van der Waals surface area contributed by atoms with Gasteiger partial charge in [0.1, 0.15) is 17.0 Å². The maximum absolute atomic E-state index is 13.9. The van der Waals surface area contributed by atoms with Gasteiger partial charge in [0.2, 0.25) is 0 Å². The van der Waals surface area contributed by atoms with Gasteiger partial charge < -0.3 is 14.4 Å². The molecule has 6 nitrogen and oxygen atoms in total. The molecule has 2 heterocycles. The summed E-state index contributed by atoms with van der Waals surface area (Å²) in [5.74, 6) is 0.384. The van der Waals surface area contributed by atoms with Gasteiger partial charge in [0, 0.05) is 26.0 Å². The van der Waals surface area contributed by atoms with Crippen LogP contribution in [0.4, 0.5) is 27.6 Å². The summed E-state index contributed by atoms with van der Waals surface area (Å²) >= 11 is 0. The number of nitrogens with zero attached hydrogens (tertiary/aromatic N) is 3. The highest BCUT2D eigenvalue weighted by Gasteiger charge is 2.32. The van der Waals surface area contributed by atoms with E-state index in [2.05, 4.69) is 9.72 Å². The molecule has 2 aromatic carbocycles. The smallest absolute Gasteiger partial charge is 0.417 e. The van der Waals surface area contributed by atoms with Crippen LogP contribution in [0.2, 0.25) is 0 Å². The first kappa shape index (κ1) is 25.0. The van der Waals surface area contributed by atoms with Crippen molar-refractivity contribution >= 4 is 16.7 Å². The number of aromatic nitrogens is 2. The lowest BCUT2D eigenvalue weighted by Gasteiger charge is -2.23. The molecule has 0 N–H and O–H groups in total. The maximum atomic E-state index is 13.9. The molecule has 0 unspecified atom stereocenters. The van der Waals surface area contributed by atoms with Crippen molar-refractivity contribution in [2.45, 2.75) is 12.8 Å². The number of benzene rings is 2. The van der Waals surface area contributed by atoms with Crippen molar-refractivity contribution in [1.29, 1.82) is 0 Å². The molecule has 0 amide bonds. The van der Waals surface area contributed by atoms with Crippen LogP contribution in [-0.2, 0) is 6.18 Å². The fourth-order valence-corrected chi connectivity index (χ4v) is 3.89. The minimum atomic E-state index is -4.70. The average molecular weight is 505 g/mol. The van der Waals surface area contributed by atoms with Crippen LogP contribution in [0.1, 0.15) is 5.56 Å². The van der Waals surface area contributed by atoms with Gasteiger partial charge in [-0.15, -0.1) is 0 Å². The second-order valence-corrected chi connectivity index (χ2v) is 7.95. The van der Waals surface area contributed by atoms with Crippen molar-refractivity contribution in [2.24, 2.45) is 0 Å². The quantitative estimate of drug-likeness (QED) is 0.313. The van der Waals surface area contributed by atoms with Crippen molar-refractivity contribution in [3.05, 3.63) is 76.7 Å². The van der Waals surface area contributed by atoms with Crippen LogP contribution in [0.25, 0.3) is 27.8 Å². The predicted molar refractivity (Wildman–Crippen MR) is 125 cm³/mol. The van der Waals surface area contributed by atoms with E-state index >= 15 is 0 Å². The number of pyridine rings is 2. The normalized spacial score (nSPS) is 11.7. The number of rotatable bonds is 6.